The van der Waals surface area contributed by atoms with Gasteiger partial charge in [0.2, 0.25) is 0 Å². The summed E-state index contributed by atoms with van der Waals surface area (Å²) in [5.41, 5.74) is 3.53. The number of ether oxygens (including phenoxy) is 1. The number of rotatable bonds is 3. The van der Waals surface area contributed by atoms with E-state index in [1.807, 2.05) is 19.0 Å². The third-order valence-electron chi connectivity index (χ3n) is 3.28. The summed E-state index contributed by atoms with van der Waals surface area (Å²) >= 11 is 5.70. The molecule has 0 N–H and O–H groups in total. The molecule has 0 amide bonds. The maximum absolute atomic E-state index is 5.70. The molecule has 1 aromatic carbocycles. The highest BCUT2D eigenvalue weighted by atomic mass is 32.1. The Morgan fingerprint density at radius 2 is 1.80 bits per heavy atom. The smallest absolute Gasteiger partial charge is 0.111 e. The van der Waals surface area contributed by atoms with Gasteiger partial charge in [-0.1, -0.05) is 42.0 Å². The van der Waals surface area contributed by atoms with Crippen LogP contribution in [0.5, 0.6) is 0 Å². The van der Waals surface area contributed by atoms with Gasteiger partial charge in [-0.15, -0.1) is 0 Å². The van der Waals surface area contributed by atoms with Crippen LogP contribution >= 0.6 is 12.2 Å². The van der Waals surface area contributed by atoms with Crippen LogP contribution in [0.4, 0.5) is 0 Å². The van der Waals surface area contributed by atoms with E-state index in [0.717, 1.165) is 36.9 Å². The van der Waals surface area contributed by atoms with Crippen LogP contribution in [0.15, 0.2) is 30.5 Å². The average Bonchev–Trinajstić information content (AvgIpc) is 2.46. The predicted molar refractivity (Wildman–Crippen MR) is 87.8 cm³/mol. The van der Waals surface area contributed by atoms with Gasteiger partial charge in [0.1, 0.15) is 4.99 Å². The minimum atomic E-state index is 0.753. The molecule has 1 saturated heterocycles. The van der Waals surface area contributed by atoms with Gasteiger partial charge in [-0.3, -0.25) is 0 Å². The standard InChI is InChI=1S/C16H22N2OS/c1-13-4-6-14(7-5-13)15(12-17(2)3)16(20)18-8-10-19-11-9-18/h4-7,12H,8-11H2,1-3H3/b15-12-. The third-order valence-corrected chi connectivity index (χ3v) is 3.76. The molecule has 1 fully saturated rings. The Balaban J connectivity index is 2.27. The van der Waals surface area contributed by atoms with E-state index in [9.17, 15) is 0 Å². The second-order valence-corrected chi connectivity index (χ2v) is 5.66. The first kappa shape index (κ1) is 15.0. The molecular formula is C16H22N2OS. The summed E-state index contributed by atoms with van der Waals surface area (Å²) in [6.07, 6.45) is 2.10. The lowest BCUT2D eigenvalue weighted by molar-refractivity contribution is 0.0696. The SMILES string of the molecule is Cc1ccc(/C(=C/N(C)C)C(=S)N2CCOCC2)cc1. The highest BCUT2D eigenvalue weighted by Gasteiger charge is 2.18. The van der Waals surface area contributed by atoms with Gasteiger partial charge in [0.25, 0.3) is 0 Å². The molecule has 0 bridgehead atoms. The van der Waals surface area contributed by atoms with Crippen molar-refractivity contribution in [3.63, 3.8) is 0 Å². The van der Waals surface area contributed by atoms with Crippen molar-refractivity contribution in [3.05, 3.63) is 41.6 Å². The highest BCUT2D eigenvalue weighted by Crippen LogP contribution is 2.20. The molecule has 20 heavy (non-hydrogen) atoms. The molecule has 4 heteroatoms. The quantitative estimate of drug-likeness (QED) is 0.628. The Bertz CT molecular complexity index is 488. The third kappa shape index (κ3) is 3.81. The number of hydrogen-bond acceptors (Lipinski definition) is 3. The number of aryl methyl sites for hydroxylation is 1. The first-order valence-corrected chi connectivity index (χ1v) is 7.31. The zero-order valence-corrected chi connectivity index (χ0v) is 13.2. The van der Waals surface area contributed by atoms with Gasteiger partial charge in [0.05, 0.1) is 13.2 Å². The summed E-state index contributed by atoms with van der Waals surface area (Å²) in [5, 5.41) is 0. The normalized spacial score (nSPS) is 16.1. The first-order chi connectivity index (χ1) is 9.58. The number of thiocarbonyl (C=S) groups is 1. The van der Waals surface area contributed by atoms with Gasteiger partial charge >= 0.3 is 0 Å². The molecule has 0 aliphatic carbocycles. The number of morpholine rings is 1. The summed E-state index contributed by atoms with van der Waals surface area (Å²) in [5.74, 6) is 0. The largest absolute Gasteiger partial charge is 0.383 e. The van der Waals surface area contributed by atoms with Gasteiger partial charge < -0.3 is 14.5 Å². The molecule has 0 spiro atoms. The summed E-state index contributed by atoms with van der Waals surface area (Å²) in [7, 11) is 4.05. The van der Waals surface area contributed by atoms with Crippen molar-refractivity contribution < 1.29 is 4.74 Å². The van der Waals surface area contributed by atoms with Crippen LogP contribution < -0.4 is 0 Å². The Hall–Kier alpha value is -1.39. The molecule has 0 atom stereocenters. The van der Waals surface area contributed by atoms with E-state index >= 15 is 0 Å². The van der Waals surface area contributed by atoms with Crippen molar-refractivity contribution in [2.45, 2.75) is 6.92 Å². The van der Waals surface area contributed by atoms with Gasteiger partial charge in [-0.25, -0.2) is 0 Å². The molecule has 0 unspecified atom stereocenters. The van der Waals surface area contributed by atoms with E-state index in [-0.39, 0.29) is 0 Å². The number of hydrogen-bond donors (Lipinski definition) is 0. The maximum atomic E-state index is 5.70. The van der Waals surface area contributed by atoms with Crippen LogP contribution in [0, 0.1) is 6.92 Å². The van der Waals surface area contributed by atoms with Crippen LogP contribution in [-0.2, 0) is 4.74 Å². The lowest BCUT2D eigenvalue weighted by Gasteiger charge is -2.30. The van der Waals surface area contributed by atoms with Crippen molar-refractivity contribution in [3.8, 4) is 0 Å². The Morgan fingerprint density at radius 3 is 2.35 bits per heavy atom. The lowest BCUT2D eigenvalue weighted by Crippen LogP contribution is -2.40. The summed E-state index contributed by atoms with van der Waals surface area (Å²) in [4.78, 5) is 5.18. The van der Waals surface area contributed by atoms with E-state index < -0.39 is 0 Å². The fourth-order valence-electron chi connectivity index (χ4n) is 2.18. The zero-order chi connectivity index (χ0) is 14.5. The molecule has 0 aromatic heterocycles. The lowest BCUT2D eigenvalue weighted by atomic mass is 10.0. The molecule has 1 aliphatic heterocycles. The monoisotopic (exact) mass is 290 g/mol. The van der Waals surface area contributed by atoms with Crippen molar-refractivity contribution in [1.82, 2.24) is 9.80 Å². The number of nitrogens with zero attached hydrogens (tertiary/aromatic N) is 2. The van der Waals surface area contributed by atoms with Crippen molar-refractivity contribution in [2.24, 2.45) is 0 Å². The summed E-state index contributed by atoms with van der Waals surface area (Å²) in [6.45, 7) is 5.34. The van der Waals surface area contributed by atoms with E-state index in [4.69, 9.17) is 17.0 Å². The second kappa shape index (κ2) is 6.86. The summed E-state index contributed by atoms with van der Waals surface area (Å²) < 4.78 is 5.40. The molecule has 3 nitrogen and oxygen atoms in total. The molecule has 1 aromatic rings. The molecule has 0 saturated carbocycles. The molecule has 2 rings (SSSR count). The second-order valence-electron chi connectivity index (χ2n) is 5.28. The van der Waals surface area contributed by atoms with Crippen LogP contribution in [-0.4, -0.2) is 55.2 Å². The predicted octanol–water partition coefficient (Wildman–Crippen LogP) is 2.56. The molecule has 108 valence electrons. The molecule has 0 radical (unpaired) electrons. The van der Waals surface area contributed by atoms with E-state index in [0.29, 0.717) is 0 Å². The van der Waals surface area contributed by atoms with Crippen LogP contribution in [0.3, 0.4) is 0 Å². The molecule has 1 heterocycles. The maximum Gasteiger partial charge on any atom is 0.111 e. The fourth-order valence-corrected chi connectivity index (χ4v) is 2.53. The molecule has 1 aliphatic rings. The van der Waals surface area contributed by atoms with Gasteiger partial charge in [-0.2, -0.15) is 0 Å². The Morgan fingerprint density at radius 1 is 1.20 bits per heavy atom. The highest BCUT2D eigenvalue weighted by molar-refractivity contribution is 7.81. The van der Waals surface area contributed by atoms with Crippen molar-refractivity contribution in [2.75, 3.05) is 40.4 Å². The van der Waals surface area contributed by atoms with Crippen LogP contribution in [0.25, 0.3) is 5.57 Å². The van der Waals surface area contributed by atoms with Crippen molar-refractivity contribution in [1.29, 1.82) is 0 Å². The minimum absolute atomic E-state index is 0.753. The summed E-state index contributed by atoms with van der Waals surface area (Å²) in [6, 6.07) is 8.52. The van der Waals surface area contributed by atoms with E-state index in [1.54, 1.807) is 0 Å². The average molecular weight is 290 g/mol. The van der Waals surface area contributed by atoms with Crippen LogP contribution in [0.1, 0.15) is 11.1 Å². The topological polar surface area (TPSA) is 15.7 Å². The number of benzene rings is 1. The minimum Gasteiger partial charge on any atom is -0.383 e. The molecular weight excluding hydrogens is 268 g/mol. The van der Waals surface area contributed by atoms with Crippen LogP contribution in [0.2, 0.25) is 0 Å². The zero-order valence-electron chi connectivity index (χ0n) is 12.4. The van der Waals surface area contributed by atoms with Gasteiger partial charge in [-0.05, 0) is 12.5 Å². The van der Waals surface area contributed by atoms with Gasteiger partial charge in [0.15, 0.2) is 0 Å². The van der Waals surface area contributed by atoms with Gasteiger partial charge in [0, 0.05) is 39.0 Å². The first-order valence-electron chi connectivity index (χ1n) is 6.90. The Labute approximate surface area is 126 Å². The Kier molecular flexibility index (Phi) is 5.15. The van der Waals surface area contributed by atoms with Crippen molar-refractivity contribution >= 4 is 22.8 Å². The van der Waals surface area contributed by atoms with E-state index in [2.05, 4.69) is 42.3 Å². The van der Waals surface area contributed by atoms with E-state index in [1.165, 1.54) is 11.1 Å². The fraction of sp³-hybridized carbons (Fsp3) is 0.438.